The van der Waals surface area contributed by atoms with Crippen molar-refractivity contribution in [3.05, 3.63) is 34.1 Å². The van der Waals surface area contributed by atoms with Crippen LogP contribution in [0.25, 0.3) is 0 Å². The molecule has 104 valence electrons. The van der Waals surface area contributed by atoms with E-state index in [1.54, 1.807) is 6.92 Å². The molecule has 0 aromatic heterocycles. The first kappa shape index (κ1) is 15.8. The number of benzene rings is 1. The molecular formula is C14H16BrFO3. The molecule has 0 fully saturated rings. The predicted octanol–water partition coefficient (Wildman–Crippen LogP) is 3.75. The van der Waals surface area contributed by atoms with Gasteiger partial charge < -0.3 is 4.74 Å². The van der Waals surface area contributed by atoms with E-state index in [1.165, 1.54) is 12.1 Å². The molecule has 0 N–H and O–H groups in total. The minimum absolute atomic E-state index is 0.173. The summed E-state index contributed by atoms with van der Waals surface area (Å²) in [5.41, 5.74) is 0.173. The number of hydrogen-bond acceptors (Lipinski definition) is 3. The maximum Gasteiger partial charge on any atom is 0.316 e. The second kappa shape index (κ2) is 7.38. The van der Waals surface area contributed by atoms with E-state index in [4.69, 9.17) is 4.74 Å². The average molecular weight is 331 g/mol. The number of ether oxygens (including phenoxy) is 1. The minimum Gasteiger partial charge on any atom is -0.465 e. The number of Topliss-reactive ketones (excluding diaryl/α,β-unsaturated/α-hetero) is 1. The van der Waals surface area contributed by atoms with E-state index in [-0.39, 0.29) is 12.2 Å². The Kier molecular flexibility index (Phi) is 6.15. The van der Waals surface area contributed by atoms with Crippen LogP contribution in [0.1, 0.15) is 37.0 Å². The van der Waals surface area contributed by atoms with Crippen LogP contribution in [0.4, 0.5) is 4.39 Å². The quantitative estimate of drug-likeness (QED) is 0.453. The summed E-state index contributed by atoms with van der Waals surface area (Å²) in [5, 5.41) is 0. The van der Waals surface area contributed by atoms with Gasteiger partial charge in [-0.15, -0.1) is 0 Å². The van der Waals surface area contributed by atoms with Crippen LogP contribution >= 0.6 is 15.9 Å². The number of halogens is 2. The molecule has 0 heterocycles. The number of ketones is 1. The Labute approximate surface area is 120 Å². The topological polar surface area (TPSA) is 43.4 Å². The van der Waals surface area contributed by atoms with E-state index in [0.717, 1.165) is 6.07 Å². The third-order valence-corrected chi connectivity index (χ3v) is 3.35. The SMILES string of the molecule is CCCC(C(=O)OCC)C(=O)c1cc(F)ccc1Br. The molecular weight excluding hydrogens is 315 g/mol. The summed E-state index contributed by atoms with van der Waals surface area (Å²) >= 11 is 3.20. The first-order valence-electron chi connectivity index (χ1n) is 6.17. The van der Waals surface area contributed by atoms with Crippen molar-refractivity contribution in [1.29, 1.82) is 0 Å². The predicted molar refractivity (Wildman–Crippen MR) is 73.5 cm³/mol. The molecule has 1 aromatic carbocycles. The van der Waals surface area contributed by atoms with Crippen molar-refractivity contribution in [2.75, 3.05) is 6.61 Å². The molecule has 0 saturated carbocycles. The van der Waals surface area contributed by atoms with Crippen LogP contribution in [0.3, 0.4) is 0 Å². The summed E-state index contributed by atoms with van der Waals surface area (Å²) in [6.45, 7) is 3.78. The third kappa shape index (κ3) is 4.13. The Bertz CT molecular complexity index is 474. The van der Waals surface area contributed by atoms with E-state index in [9.17, 15) is 14.0 Å². The van der Waals surface area contributed by atoms with Gasteiger partial charge in [-0.05, 0) is 31.5 Å². The van der Waals surface area contributed by atoms with Crippen molar-refractivity contribution < 1.29 is 18.7 Å². The molecule has 0 radical (unpaired) electrons. The van der Waals surface area contributed by atoms with E-state index < -0.39 is 23.5 Å². The van der Waals surface area contributed by atoms with Gasteiger partial charge in [0, 0.05) is 10.0 Å². The van der Waals surface area contributed by atoms with Crippen LogP contribution < -0.4 is 0 Å². The van der Waals surface area contributed by atoms with Gasteiger partial charge in [-0.3, -0.25) is 9.59 Å². The highest BCUT2D eigenvalue weighted by atomic mass is 79.9. The lowest BCUT2D eigenvalue weighted by molar-refractivity contribution is -0.146. The molecule has 0 spiro atoms. The highest BCUT2D eigenvalue weighted by Crippen LogP contribution is 2.24. The van der Waals surface area contributed by atoms with E-state index in [0.29, 0.717) is 17.3 Å². The van der Waals surface area contributed by atoms with Crippen molar-refractivity contribution in [2.45, 2.75) is 26.7 Å². The zero-order valence-electron chi connectivity index (χ0n) is 10.9. The Morgan fingerprint density at radius 1 is 1.37 bits per heavy atom. The van der Waals surface area contributed by atoms with E-state index in [1.807, 2.05) is 6.92 Å². The summed E-state index contributed by atoms with van der Waals surface area (Å²) in [6.07, 6.45) is 1.06. The largest absolute Gasteiger partial charge is 0.465 e. The number of carbonyl (C=O) groups is 2. The number of hydrogen-bond donors (Lipinski definition) is 0. The fourth-order valence-corrected chi connectivity index (χ4v) is 2.20. The zero-order chi connectivity index (χ0) is 14.4. The minimum atomic E-state index is -0.872. The van der Waals surface area contributed by atoms with Gasteiger partial charge in [0.2, 0.25) is 0 Å². The second-order valence-electron chi connectivity index (χ2n) is 4.08. The monoisotopic (exact) mass is 330 g/mol. The number of esters is 1. The molecule has 3 nitrogen and oxygen atoms in total. The Morgan fingerprint density at radius 2 is 2.05 bits per heavy atom. The molecule has 0 bridgehead atoms. The highest BCUT2D eigenvalue weighted by Gasteiger charge is 2.29. The zero-order valence-corrected chi connectivity index (χ0v) is 12.5. The fourth-order valence-electron chi connectivity index (χ4n) is 1.76. The summed E-state index contributed by atoms with van der Waals surface area (Å²) in [5.74, 6) is -2.34. The molecule has 5 heteroatoms. The molecule has 0 amide bonds. The van der Waals surface area contributed by atoms with Crippen molar-refractivity contribution in [3.63, 3.8) is 0 Å². The average Bonchev–Trinajstić information content (AvgIpc) is 2.38. The van der Waals surface area contributed by atoms with Gasteiger partial charge in [-0.1, -0.05) is 29.3 Å². The summed E-state index contributed by atoms with van der Waals surface area (Å²) in [4.78, 5) is 24.1. The maximum absolute atomic E-state index is 13.2. The number of rotatable bonds is 6. The molecule has 19 heavy (non-hydrogen) atoms. The lowest BCUT2D eigenvalue weighted by Gasteiger charge is -2.14. The molecule has 0 aliphatic carbocycles. The summed E-state index contributed by atoms with van der Waals surface area (Å²) in [6, 6.07) is 3.84. The Balaban J connectivity index is 3.05. The summed E-state index contributed by atoms with van der Waals surface area (Å²) in [7, 11) is 0. The molecule has 0 aliphatic heterocycles. The van der Waals surface area contributed by atoms with Crippen LogP contribution in [-0.2, 0) is 9.53 Å². The smallest absolute Gasteiger partial charge is 0.316 e. The molecule has 1 rings (SSSR count). The highest BCUT2D eigenvalue weighted by molar-refractivity contribution is 9.10. The lowest BCUT2D eigenvalue weighted by atomic mass is 9.93. The van der Waals surface area contributed by atoms with E-state index >= 15 is 0 Å². The first-order chi connectivity index (χ1) is 9.01. The van der Waals surface area contributed by atoms with Gasteiger partial charge in [0.05, 0.1) is 6.61 Å². The molecule has 0 aliphatic rings. The van der Waals surface area contributed by atoms with Crippen molar-refractivity contribution in [3.8, 4) is 0 Å². The fraction of sp³-hybridized carbons (Fsp3) is 0.429. The van der Waals surface area contributed by atoms with Crippen LogP contribution in [0.15, 0.2) is 22.7 Å². The van der Waals surface area contributed by atoms with Gasteiger partial charge in [0.15, 0.2) is 5.78 Å². The number of carbonyl (C=O) groups excluding carboxylic acids is 2. The molecule has 1 aromatic rings. The lowest BCUT2D eigenvalue weighted by Crippen LogP contribution is -2.26. The molecule has 1 unspecified atom stereocenters. The van der Waals surface area contributed by atoms with Crippen molar-refractivity contribution in [1.82, 2.24) is 0 Å². The van der Waals surface area contributed by atoms with Gasteiger partial charge in [-0.2, -0.15) is 0 Å². The van der Waals surface area contributed by atoms with Gasteiger partial charge in [-0.25, -0.2) is 4.39 Å². The molecule has 0 saturated heterocycles. The normalized spacial score (nSPS) is 12.0. The van der Waals surface area contributed by atoms with Crippen molar-refractivity contribution in [2.24, 2.45) is 5.92 Å². The second-order valence-corrected chi connectivity index (χ2v) is 4.94. The maximum atomic E-state index is 13.2. The van der Waals surface area contributed by atoms with Gasteiger partial charge in [0.25, 0.3) is 0 Å². The van der Waals surface area contributed by atoms with Gasteiger partial charge >= 0.3 is 5.97 Å². The van der Waals surface area contributed by atoms with E-state index in [2.05, 4.69) is 15.9 Å². The van der Waals surface area contributed by atoms with Crippen LogP contribution in [-0.4, -0.2) is 18.4 Å². The van der Waals surface area contributed by atoms with Gasteiger partial charge in [0.1, 0.15) is 11.7 Å². The summed E-state index contributed by atoms with van der Waals surface area (Å²) < 4.78 is 18.6. The third-order valence-electron chi connectivity index (χ3n) is 2.66. The Morgan fingerprint density at radius 3 is 2.63 bits per heavy atom. The van der Waals surface area contributed by atoms with Crippen LogP contribution in [0.5, 0.6) is 0 Å². The van der Waals surface area contributed by atoms with Crippen molar-refractivity contribution >= 4 is 27.7 Å². The first-order valence-corrected chi connectivity index (χ1v) is 6.96. The molecule has 1 atom stereocenters. The van der Waals surface area contributed by atoms with Crippen LogP contribution in [0.2, 0.25) is 0 Å². The Hall–Kier alpha value is -1.23. The standard InChI is InChI=1S/C14H16BrFO3/c1-3-5-10(14(18)19-4-2)13(17)11-8-9(16)6-7-12(11)15/h6-8,10H,3-5H2,1-2H3. The van der Waals surface area contributed by atoms with Crippen LogP contribution in [0, 0.1) is 11.7 Å².